The van der Waals surface area contributed by atoms with Crippen LogP contribution < -0.4 is 5.73 Å². The number of nitrogens with two attached hydrogens (primary N) is 1. The summed E-state index contributed by atoms with van der Waals surface area (Å²) >= 11 is 0. The van der Waals surface area contributed by atoms with E-state index < -0.39 is 0 Å². The molecule has 1 heterocycles. The second kappa shape index (κ2) is 4.64. The van der Waals surface area contributed by atoms with Gasteiger partial charge in [-0.3, -0.25) is 0 Å². The van der Waals surface area contributed by atoms with Gasteiger partial charge < -0.3 is 15.7 Å². The first-order chi connectivity index (χ1) is 7.24. The average Bonchev–Trinajstić information content (AvgIpc) is 2.62. The van der Waals surface area contributed by atoms with Gasteiger partial charge in [0.15, 0.2) is 0 Å². The third-order valence-electron chi connectivity index (χ3n) is 2.92. The van der Waals surface area contributed by atoms with Crippen LogP contribution >= 0.6 is 0 Å². The summed E-state index contributed by atoms with van der Waals surface area (Å²) in [6.45, 7) is 2.85. The standard InChI is InChI=1S/C12H18N2O/c13-11-3-1-2-10(8-11)4-6-14-7-5-12(15)9-14/h1-3,8,12,15H,4-7,9,13H2. The maximum absolute atomic E-state index is 9.38. The minimum atomic E-state index is -0.120. The monoisotopic (exact) mass is 206 g/mol. The van der Waals surface area contributed by atoms with Crippen LogP contribution in [0.2, 0.25) is 0 Å². The van der Waals surface area contributed by atoms with E-state index in [0.717, 1.165) is 38.2 Å². The summed E-state index contributed by atoms with van der Waals surface area (Å²) in [6, 6.07) is 8.02. The highest BCUT2D eigenvalue weighted by molar-refractivity contribution is 5.40. The summed E-state index contributed by atoms with van der Waals surface area (Å²) in [5.41, 5.74) is 7.81. The smallest absolute Gasteiger partial charge is 0.0679 e. The molecule has 1 fully saturated rings. The Kier molecular flexibility index (Phi) is 3.23. The van der Waals surface area contributed by atoms with Gasteiger partial charge in [-0.25, -0.2) is 0 Å². The van der Waals surface area contributed by atoms with Gasteiger partial charge in [0.25, 0.3) is 0 Å². The van der Waals surface area contributed by atoms with E-state index >= 15 is 0 Å². The van der Waals surface area contributed by atoms with Crippen molar-refractivity contribution in [3.05, 3.63) is 29.8 Å². The summed E-state index contributed by atoms with van der Waals surface area (Å²) in [6.07, 6.45) is 1.81. The third kappa shape index (κ3) is 2.94. The Hall–Kier alpha value is -1.06. The fraction of sp³-hybridized carbons (Fsp3) is 0.500. The second-order valence-corrected chi connectivity index (χ2v) is 4.24. The van der Waals surface area contributed by atoms with Crippen molar-refractivity contribution >= 4 is 5.69 Å². The molecule has 1 aromatic rings. The quantitative estimate of drug-likeness (QED) is 0.722. The molecule has 0 radical (unpaired) electrons. The molecule has 0 aliphatic carbocycles. The van der Waals surface area contributed by atoms with Crippen LogP contribution in [0.4, 0.5) is 5.69 Å². The fourth-order valence-corrected chi connectivity index (χ4v) is 2.05. The van der Waals surface area contributed by atoms with E-state index in [4.69, 9.17) is 5.73 Å². The van der Waals surface area contributed by atoms with Crippen LogP contribution in [-0.4, -0.2) is 35.7 Å². The summed E-state index contributed by atoms with van der Waals surface area (Å²) < 4.78 is 0. The zero-order valence-electron chi connectivity index (χ0n) is 8.89. The largest absolute Gasteiger partial charge is 0.399 e. The summed E-state index contributed by atoms with van der Waals surface area (Å²) in [5.74, 6) is 0. The first kappa shape index (κ1) is 10.5. The Morgan fingerprint density at radius 2 is 2.33 bits per heavy atom. The van der Waals surface area contributed by atoms with Crippen LogP contribution in [0.1, 0.15) is 12.0 Å². The van der Waals surface area contributed by atoms with Gasteiger partial charge in [-0.1, -0.05) is 12.1 Å². The van der Waals surface area contributed by atoms with Crippen LogP contribution in [0.15, 0.2) is 24.3 Å². The van der Waals surface area contributed by atoms with Crippen molar-refractivity contribution in [2.45, 2.75) is 18.9 Å². The molecule has 3 nitrogen and oxygen atoms in total. The van der Waals surface area contributed by atoms with Crippen molar-refractivity contribution in [2.75, 3.05) is 25.4 Å². The molecule has 0 bridgehead atoms. The Labute approximate surface area is 90.5 Å². The van der Waals surface area contributed by atoms with E-state index in [2.05, 4.69) is 11.0 Å². The molecular weight excluding hydrogens is 188 g/mol. The number of likely N-dealkylation sites (tertiary alicyclic amines) is 1. The Bertz CT molecular complexity index is 327. The molecule has 1 aliphatic rings. The molecule has 1 saturated heterocycles. The molecule has 0 amide bonds. The number of benzene rings is 1. The molecule has 1 aliphatic heterocycles. The first-order valence-electron chi connectivity index (χ1n) is 5.49. The molecule has 3 N–H and O–H groups in total. The summed E-state index contributed by atoms with van der Waals surface area (Å²) in [7, 11) is 0. The van der Waals surface area contributed by atoms with E-state index in [1.807, 2.05) is 18.2 Å². The van der Waals surface area contributed by atoms with Gasteiger partial charge in [0.05, 0.1) is 6.10 Å². The highest BCUT2D eigenvalue weighted by Crippen LogP contribution is 2.11. The number of nitrogens with zero attached hydrogens (tertiary/aromatic N) is 1. The Balaban J connectivity index is 1.83. The van der Waals surface area contributed by atoms with E-state index in [1.165, 1.54) is 5.56 Å². The molecule has 0 aromatic heterocycles. The third-order valence-corrected chi connectivity index (χ3v) is 2.92. The molecule has 1 atom stereocenters. The molecule has 0 spiro atoms. The number of β-amino-alcohol motifs (C(OH)–C–C–N with tert-alkyl or cyclic N) is 1. The summed E-state index contributed by atoms with van der Waals surface area (Å²) in [5, 5.41) is 9.38. The predicted octanol–water partition coefficient (Wildman–Crippen LogP) is 0.878. The number of hydrogen-bond acceptors (Lipinski definition) is 3. The number of aliphatic hydroxyl groups excluding tert-OH is 1. The highest BCUT2D eigenvalue weighted by atomic mass is 16.3. The molecule has 3 heteroatoms. The number of aliphatic hydroxyl groups is 1. The number of anilines is 1. The van der Waals surface area contributed by atoms with Crippen LogP contribution in [0.3, 0.4) is 0 Å². The molecular formula is C12H18N2O. The first-order valence-corrected chi connectivity index (χ1v) is 5.49. The molecule has 82 valence electrons. The number of hydrogen-bond donors (Lipinski definition) is 2. The fourth-order valence-electron chi connectivity index (χ4n) is 2.05. The normalized spacial score (nSPS) is 22.1. The topological polar surface area (TPSA) is 49.5 Å². The second-order valence-electron chi connectivity index (χ2n) is 4.24. The number of nitrogen functional groups attached to an aromatic ring is 1. The van der Waals surface area contributed by atoms with Crippen molar-refractivity contribution in [3.8, 4) is 0 Å². The van der Waals surface area contributed by atoms with Gasteiger partial charge in [0.1, 0.15) is 0 Å². The van der Waals surface area contributed by atoms with Crippen molar-refractivity contribution in [1.82, 2.24) is 4.90 Å². The lowest BCUT2D eigenvalue weighted by Gasteiger charge is -2.14. The van der Waals surface area contributed by atoms with E-state index in [-0.39, 0.29) is 6.10 Å². The van der Waals surface area contributed by atoms with Crippen molar-refractivity contribution in [3.63, 3.8) is 0 Å². The van der Waals surface area contributed by atoms with E-state index in [9.17, 15) is 5.11 Å². The van der Waals surface area contributed by atoms with Crippen molar-refractivity contribution in [2.24, 2.45) is 0 Å². The molecule has 0 saturated carbocycles. The molecule has 1 unspecified atom stereocenters. The van der Waals surface area contributed by atoms with Gasteiger partial charge >= 0.3 is 0 Å². The summed E-state index contributed by atoms with van der Waals surface area (Å²) in [4.78, 5) is 2.30. The highest BCUT2D eigenvalue weighted by Gasteiger charge is 2.19. The Morgan fingerprint density at radius 1 is 1.47 bits per heavy atom. The average molecular weight is 206 g/mol. The predicted molar refractivity (Wildman–Crippen MR) is 61.6 cm³/mol. The minimum Gasteiger partial charge on any atom is -0.399 e. The zero-order chi connectivity index (χ0) is 10.7. The van der Waals surface area contributed by atoms with Crippen LogP contribution in [-0.2, 0) is 6.42 Å². The minimum absolute atomic E-state index is 0.120. The van der Waals surface area contributed by atoms with Gasteiger partial charge in [-0.05, 0) is 30.5 Å². The van der Waals surface area contributed by atoms with E-state index in [1.54, 1.807) is 0 Å². The Morgan fingerprint density at radius 3 is 3.00 bits per heavy atom. The molecule has 15 heavy (non-hydrogen) atoms. The van der Waals surface area contributed by atoms with Gasteiger partial charge in [0, 0.05) is 25.3 Å². The lowest BCUT2D eigenvalue weighted by Crippen LogP contribution is -2.24. The van der Waals surface area contributed by atoms with E-state index in [0.29, 0.717) is 0 Å². The van der Waals surface area contributed by atoms with Gasteiger partial charge in [-0.2, -0.15) is 0 Å². The maximum Gasteiger partial charge on any atom is 0.0679 e. The van der Waals surface area contributed by atoms with Crippen molar-refractivity contribution in [1.29, 1.82) is 0 Å². The number of rotatable bonds is 3. The van der Waals surface area contributed by atoms with Crippen LogP contribution in [0.5, 0.6) is 0 Å². The van der Waals surface area contributed by atoms with Gasteiger partial charge in [0.2, 0.25) is 0 Å². The SMILES string of the molecule is Nc1cccc(CCN2CCC(O)C2)c1. The molecule has 1 aromatic carbocycles. The van der Waals surface area contributed by atoms with Gasteiger partial charge in [-0.15, -0.1) is 0 Å². The van der Waals surface area contributed by atoms with Crippen molar-refractivity contribution < 1.29 is 5.11 Å². The van der Waals surface area contributed by atoms with Crippen LogP contribution in [0.25, 0.3) is 0 Å². The maximum atomic E-state index is 9.38. The molecule has 2 rings (SSSR count). The lowest BCUT2D eigenvalue weighted by atomic mass is 10.1. The van der Waals surface area contributed by atoms with Crippen LogP contribution in [0, 0.1) is 0 Å². The lowest BCUT2D eigenvalue weighted by molar-refractivity contribution is 0.177. The zero-order valence-corrected chi connectivity index (χ0v) is 8.89.